The van der Waals surface area contributed by atoms with Crippen LogP contribution < -0.4 is 0 Å². The van der Waals surface area contributed by atoms with E-state index < -0.39 is 11.7 Å². The van der Waals surface area contributed by atoms with Crippen LogP contribution in [0.5, 0.6) is 0 Å². The number of hydrogen-bond acceptors (Lipinski definition) is 4. The second-order valence-corrected chi connectivity index (χ2v) is 6.80. The first-order valence-corrected chi connectivity index (χ1v) is 8.28. The van der Waals surface area contributed by atoms with Gasteiger partial charge in [-0.2, -0.15) is 0 Å². The lowest BCUT2D eigenvalue weighted by molar-refractivity contribution is -0.170. The van der Waals surface area contributed by atoms with E-state index in [1.807, 2.05) is 58.0 Å². The fraction of sp³-hybridized carbons (Fsp3) is 0.632. The molecule has 0 radical (unpaired) electrons. The molecule has 0 heterocycles. The fourth-order valence-electron chi connectivity index (χ4n) is 2.09. The maximum atomic E-state index is 11.9. The highest BCUT2D eigenvalue weighted by Crippen LogP contribution is 2.12. The van der Waals surface area contributed by atoms with Crippen molar-refractivity contribution in [3.63, 3.8) is 0 Å². The molecule has 0 N–H and O–H groups in total. The van der Waals surface area contributed by atoms with Gasteiger partial charge >= 0.3 is 5.97 Å². The van der Waals surface area contributed by atoms with Crippen LogP contribution in [0.2, 0.25) is 0 Å². The Morgan fingerprint density at radius 1 is 1.13 bits per heavy atom. The van der Waals surface area contributed by atoms with Gasteiger partial charge in [0.2, 0.25) is 0 Å². The zero-order valence-corrected chi connectivity index (χ0v) is 15.0. The highest BCUT2D eigenvalue weighted by atomic mass is 16.6. The van der Waals surface area contributed by atoms with Gasteiger partial charge in [-0.25, -0.2) is 4.79 Å². The minimum absolute atomic E-state index is 0.00200. The molecule has 1 aromatic carbocycles. The van der Waals surface area contributed by atoms with Crippen molar-refractivity contribution in [2.75, 3.05) is 6.61 Å². The van der Waals surface area contributed by atoms with Gasteiger partial charge in [0.25, 0.3) is 0 Å². The molecular formula is C19H30O4. The smallest absolute Gasteiger partial charge is 0.335 e. The van der Waals surface area contributed by atoms with Gasteiger partial charge in [0.15, 0.2) is 6.10 Å². The Kier molecular flexibility index (Phi) is 8.28. The van der Waals surface area contributed by atoms with Gasteiger partial charge in [0, 0.05) is 6.61 Å². The molecule has 4 nitrogen and oxygen atoms in total. The average Bonchev–Trinajstić information content (AvgIpc) is 2.46. The summed E-state index contributed by atoms with van der Waals surface area (Å²) in [6.07, 6.45) is 1.20. The summed E-state index contributed by atoms with van der Waals surface area (Å²) in [6, 6.07) is 10.1. The molecule has 2 unspecified atom stereocenters. The summed E-state index contributed by atoms with van der Waals surface area (Å²) in [7, 11) is 0. The van der Waals surface area contributed by atoms with Crippen molar-refractivity contribution in [1.82, 2.24) is 0 Å². The zero-order valence-electron chi connectivity index (χ0n) is 15.0. The molecule has 0 saturated heterocycles. The summed E-state index contributed by atoms with van der Waals surface area (Å²) in [6.45, 7) is 10.6. The number of rotatable bonds is 9. The van der Waals surface area contributed by atoms with Gasteiger partial charge in [-0.15, -0.1) is 0 Å². The molecule has 0 saturated carbocycles. The van der Waals surface area contributed by atoms with Gasteiger partial charge in [0.1, 0.15) is 5.60 Å². The average molecular weight is 322 g/mol. The van der Waals surface area contributed by atoms with Crippen molar-refractivity contribution in [1.29, 1.82) is 0 Å². The summed E-state index contributed by atoms with van der Waals surface area (Å²) < 4.78 is 16.6. The fourth-order valence-corrected chi connectivity index (χ4v) is 2.09. The molecular weight excluding hydrogens is 292 g/mol. The van der Waals surface area contributed by atoms with Crippen molar-refractivity contribution in [2.45, 2.75) is 71.9 Å². The molecule has 0 fully saturated rings. The Hall–Kier alpha value is -1.39. The van der Waals surface area contributed by atoms with Crippen LogP contribution in [0.25, 0.3) is 0 Å². The predicted octanol–water partition coefficient (Wildman–Crippen LogP) is 4.12. The van der Waals surface area contributed by atoms with Gasteiger partial charge in [-0.05, 0) is 53.0 Å². The third kappa shape index (κ3) is 9.36. The van der Waals surface area contributed by atoms with E-state index in [-0.39, 0.29) is 12.1 Å². The molecule has 130 valence electrons. The number of esters is 1. The molecule has 0 spiro atoms. The third-order valence-electron chi connectivity index (χ3n) is 3.19. The lowest BCUT2D eigenvalue weighted by atomic mass is 10.2. The zero-order chi connectivity index (χ0) is 17.3. The number of carbonyl (C=O) groups is 1. The maximum Gasteiger partial charge on any atom is 0.335 e. The number of hydrogen-bond donors (Lipinski definition) is 0. The molecule has 1 aromatic rings. The van der Waals surface area contributed by atoms with Crippen LogP contribution in [-0.2, 0) is 25.6 Å². The van der Waals surface area contributed by atoms with E-state index in [4.69, 9.17) is 14.2 Å². The van der Waals surface area contributed by atoms with Crippen LogP contribution >= 0.6 is 0 Å². The molecule has 2 atom stereocenters. The Morgan fingerprint density at radius 3 is 2.39 bits per heavy atom. The second-order valence-electron chi connectivity index (χ2n) is 6.80. The molecule has 0 amide bonds. The van der Waals surface area contributed by atoms with Crippen LogP contribution in [-0.4, -0.2) is 30.4 Å². The van der Waals surface area contributed by atoms with Gasteiger partial charge in [0.05, 0.1) is 12.7 Å². The van der Waals surface area contributed by atoms with E-state index in [1.54, 1.807) is 6.92 Å². The van der Waals surface area contributed by atoms with E-state index in [9.17, 15) is 4.79 Å². The predicted molar refractivity (Wildman–Crippen MR) is 91.2 cm³/mol. The van der Waals surface area contributed by atoms with Crippen LogP contribution in [0.4, 0.5) is 0 Å². The Bertz CT molecular complexity index is 450. The molecule has 0 aliphatic heterocycles. The number of carbonyl (C=O) groups excluding carboxylic acids is 1. The second kappa shape index (κ2) is 9.68. The van der Waals surface area contributed by atoms with E-state index in [0.717, 1.165) is 12.8 Å². The summed E-state index contributed by atoms with van der Waals surface area (Å²) in [5, 5.41) is 0. The largest absolute Gasteiger partial charge is 0.458 e. The molecule has 23 heavy (non-hydrogen) atoms. The monoisotopic (exact) mass is 322 g/mol. The van der Waals surface area contributed by atoms with Crippen LogP contribution in [0, 0.1) is 0 Å². The van der Waals surface area contributed by atoms with E-state index in [0.29, 0.717) is 13.2 Å². The van der Waals surface area contributed by atoms with Crippen LogP contribution in [0.1, 0.15) is 53.0 Å². The Labute approximate surface area is 140 Å². The normalized spacial score (nSPS) is 14.3. The van der Waals surface area contributed by atoms with Gasteiger partial charge in [-0.3, -0.25) is 0 Å². The van der Waals surface area contributed by atoms with Gasteiger partial charge < -0.3 is 14.2 Å². The Morgan fingerprint density at radius 2 is 1.78 bits per heavy atom. The molecule has 0 aliphatic rings. The summed E-state index contributed by atoms with van der Waals surface area (Å²) in [5.41, 5.74) is 0.693. The first kappa shape index (κ1) is 19.7. The van der Waals surface area contributed by atoms with Crippen LogP contribution in [0.15, 0.2) is 30.3 Å². The van der Waals surface area contributed by atoms with E-state index >= 15 is 0 Å². The van der Waals surface area contributed by atoms with E-state index in [1.165, 1.54) is 5.56 Å². The molecule has 0 bridgehead atoms. The minimum atomic E-state index is -0.547. The summed E-state index contributed by atoms with van der Waals surface area (Å²) in [4.78, 5) is 11.9. The molecule has 0 aliphatic carbocycles. The summed E-state index contributed by atoms with van der Waals surface area (Å²) in [5.74, 6) is -0.315. The quantitative estimate of drug-likeness (QED) is 0.507. The van der Waals surface area contributed by atoms with Crippen molar-refractivity contribution in [3.8, 4) is 0 Å². The van der Waals surface area contributed by atoms with Crippen LogP contribution in [0.3, 0.4) is 0 Å². The van der Waals surface area contributed by atoms with Gasteiger partial charge in [-0.1, -0.05) is 30.3 Å². The van der Waals surface area contributed by atoms with Crippen molar-refractivity contribution in [3.05, 3.63) is 35.9 Å². The Balaban J connectivity index is 2.14. The first-order chi connectivity index (χ1) is 10.8. The van der Waals surface area contributed by atoms with E-state index in [2.05, 4.69) is 0 Å². The molecule has 4 heteroatoms. The lowest BCUT2D eigenvalue weighted by Gasteiger charge is -2.24. The number of ether oxygens (including phenoxy) is 3. The highest BCUT2D eigenvalue weighted by molar-refractivity contribution is 5.74. The minimum Gasteiger partial charge on any atom is -0.458 e. The van der Waals surface area contributed by atoms with Crippen molar-refractivity contribution >= 4 is 5.97 Å². The SMILES string of the molecule is CC(CCCOCc1ccccc1)OC(C)C(=O)OC(C)(C)C. The molecule has 1 rings (SSSR count). The lowest BCUT2D eigenvalue weighted by Crippen LogP contribution is -2.33. The third-order valence-corrected chi connectivity index (χ3v) is 3.19. The number of benzene rings is 1. The molecule has 0 aromatic heterocycles. The maximum absolute atomic E-state index is 11.9. The first-order valence-electron chi connectivity index (χ1n) is 8.28. The standard InChI is InChI=1S/C19H30O4/c1-15(22-16(2)18(20)23-19(3,4)5)10-9-13-21-14-17-11-7-6-8-12-17/h6-8,11-12,15-16H,9-10,13-14H2,1-5H3. The summed E-state index contributed by atoms with van der Waals surface area (Å²) >= 11 is 0. The van der Waals surface area contributed by atoms with Crippen molar-refractivity contribution < 1.29 is 19.0 Å². The highest BCUT2D eigenvalue weighted by Gasteiger charge is 2.23. The van der Waals surface area contributed by atoms with Crippen molar-refractivity contribution in [2.24, 2.45) is 0 Å². The topological polar surface area (TPSA) is 44.8 Å².